The predicted molar refractivity (Wildman–Crippen MR) is 74.0 cm³/mol. The van der Waals surface area contributed by atoms with Gasteiger partial charge in [0.2, 0.25) is 0 Å². The summed E-state index contributed by atoms with van der Waals surface area (Å²) in [5.41, 5.74) is -2.45. The van der Waals surface area contributed by atoms with Crippen LogP contribution in [0.2, 0.25) is 0 Å². The third-order valence-corrected chi connectivity index (χ3v) is 5.23. The summed E-state index contributed by atoms with van der Waals surface area (Å²) in [6.45, 7) is 0.147. The summed E-state index contributed by atoms with van der Waals surface area (Å²) in [4.78, 5) is 11.8. The number of carbonyl (C=O) groups is 1. The standard InChI is InChI=1S/C15H25F2NO3/c16-15(17,14(21)7-4-8-14)12(20)18-11-13(9-10-19)5-2-1-3-6-13/h19,21H,1-11H2,(H,18,20). The minimum atomic E-state index is -3.74. The highest BCUT2D eigenvalue weighted by Gasteiger charge is 2.61. The van der Waals surface area contributed by atoms with Crippen LogP contribution in [-0.2, 0) is 4.79 Å². The van der Waals surface area contributed by atoms with Crippen molar-refractivity contribution in [2.75, 3.05) is 13.2 Å². The van der Waals surface area contributed by atoms with E-state index in [2.05, 4.69) is 5.32 Å². The minimum Gasteiger partial charge on any atom is -0.396 e. The van der Waals surface area contributed by atoms with Gasteiger partial charge in [-0.15, -0.1) is 0 Å². The predicted octanol–water partition coefficient (Wildman–Crippen LogP) is 1.99. The lowest BCUT2D eigenvalue weighted by atomic mass is 9.71. The van der Waals surface area contributed by atoms with Crippen LogP contribution in [0.25, 0.3) is 0 Å². The Bertz CT molecular complexity index is 372. The van der Waals surface area contributed by atoms with Crippen LogP contribution in [0.4, 0.5) is 8.78 Å². The Morgan fingerprint density at radius 1 is 1.10 bits per heavy atom. The van der Waals surface area contributed by atoms with Crippen LogP contribution in [0.5, 0.6) is 0 Å². The zero-order valence-corrected chi connectivity index (χ0v) is 12.3. The molecule has 0 atom stereocenters. The molecule has 2 aliphatic rings. The molecule has 4 nitrogen and oxygen atoms in total. The fourth-order valence-corrected chi connectivity index (χ4v) is 3.47. The fraction of sp³-hybridized carbons (Fsp3) is 0.933. The van der Waals surface area contributed by atoms with Crippen molar-refractivity contribution in [1.82, 2.24) is 5.32 Å². The Morgan fingerprint density at radius 2 is 1.71 bits per heavy atom. The highest BCUT2D eigenvalue weighted by atomic mass is 19.3. The van der Waals surface area contributed by atoms with Crippen molar-refractivity contribution in [2.24, 2.45) is 5.41 Å². The van der Waals surface area contributed by atoms with Gasteiger partial charge in [0.15, 0.2) is 0 Å². The monoisotopic (exact) mass is 305 g/mol. The molecule has 0 heterocycles. The second-order valence-electron chi connectivity index (χ2n) is 6.68. The maximum Gasteiger partial charge on any atom is 0.352 e. The van der Waals surface area contributed by atoms with Crippen LogP contribution in [-0.4, -0.2) is 40.8 Å². The highest BCUT2D eigenvalue weighted by Crippen LogP contribution is 2.44. The summed E-state index contributed by atoms with van der Waals surface area (Å²) in [5, 5.41) is 21.3. The van der Waals surface area contributed by atoms with E-state index in [-0.39, 0.29) is 31.4 Å². The quantitative estimate of drug-likeness (QED) is 0.703. The number of aliphatic hydroxyl groups is 2. The molecule has 0 aromatic heterocycles. The SMILES string of the molecule is O=C(NCC1(CCO)CCCCC1)C(F)(F)C1(O)CCC1. The van der Waals surface area contributed by atoms with E-state index < -0.39 is 17.4 Å². The van der Waals surface area contributed by atoms with E-state index in [9.17, 15) is 23.8 Å². The zero-order chi connectivity index (χ0) is 15.6. The molecular weight excluding hydrogens is 280 g/mol. The molecule has 1 amide bonds. The minimum absolute atomic E-state index is 0.00377. The smallest absolute Gasteiger partial charge is 0.352 e. The Kier molecular flexibility index (Phi) is 4.88. The first kappa shape index (κ1) is 16.6. The fourth-order valence-electron chi connectivity index (χ4n) is 3.47. The van der Waals surface area contributed by atoms with Gasteiger partial charge in [0.25, 0.3) is 5.91 Å². The molecule has 6 heteroatoms. The molecule has 0 radical (unpaired) electrons. The van der Waals surface area contributed by atoms with E-state index in [1.54, 1.807) is 0 Å². The van der Waals surface area contributed by atoms with Gasteiger partial charge in [-0.2, -0.15) is 8.78 Å². The molecule has 21 heavy (non-hydrogen) atoms. The summed E-state index contributed by atoms with van der Waals surface area (Å²) in [6.07, 6.45) is 5.75. The average Bonchev–Trinajstić information content (AvgIpc) is 2.43. The molecule has 122 valence electrons. The number of halogens is 2. The van der Waals surface area contributed by atoms with Gasteiger partial charge in [-0.25, -0.2) is 0 Å². The van der Waals surface area contributed by atoms with Gasteiger partial charge in [0.05, 0.1) is 0 Å². The average molecular weight is 305 g/mol. The van der Waals surface area contributed by atoms with Crippen molar-refractivity contribution in [1.29, 1.82) is 0 Å². The molecule has 0 spiro atoms. The molecule has 3 N–H and O–H groups in total. The summed E-state index contributed by atoms with van der Waals surface area (Å²) in [5.74, 6) is -5.12. The number of alkyl halides is 2. The topological polar surface area (TPSA) is 69.6 Å². The summed E-state index contributed by atoms with van der Waals surface area (Å²) in [6, 6.07) is 0. The Balaban J connectivity index is 1.95. The number of rotatable bonds is 6. The number of amides is 1. The van der Waals surface area contributed by atoms with Crippen LogP contribution >= 0.6 is 0 Å². The van der Waals surface area contributed by atoms with Crippen LogP contribution in [0.15, 0.2) is 0 Å². The van der Waals surface area contributed by atoms with E-state index in [0.717, 1.165) is 32.1 Å². The van der Waals surface area contributed by atoms with Crippen LogP contribution in [0, 0.1) is 5.41 Å². The second kappa shape index (κ2) is 6.16. The van der Waals surface area contributed by atoms with Gasteiger partial charge < -0.3 is 15.5 Å². The number of nitrogens with one attached hydrogen (secondary N) is 1. The molecular formula is C15H25F2NO3. The van der Waals surface area contributed by atoms with Gasteiger partial charge in [-0.05, 0) is 43.9 Å². The first-order valence-corrected chi connectivity index (χ1v) is 7.85. The van der Waals surface area contributed by atoms with Gasteiger partial charge in [-0.3, -0.25) is 4.79 Å². The molecule has 2 rings (SSSR count). The molecule has 0 bridgehead atoms. The zero-order valence-electron chi connectivity index (χ0n) is 12.3. The van der Waals surface area contributed by atoms with Gasteiger partial charge >= 0.3 is 5.92 Å². The third-order valence-electron chi connectivity index (χ3n) is 5.23. The van der Waals surface area contributed by atoms with E-state index in [4.69, 9.17) is 0 Å². The largest absolute Gasteiger partial charge is 0.396 e. The lowest BCUT2D eigenvalue weighted by Gasteiger charge is -2.42. The molecule has 2 fully saturated rings. The summed E-state index contributed by atoms with van der Waals surface area (Å²) < 4.78 is 28.0. The lowest BCUT2D eigenvalue weighted by Crippen LogP contribution is -2.61. The highest BCUT2D eigenvalue weighted by molar-refractivity contribution is 5.85. The maximum atomic E-state index is 14.0. The molecule has 0 aromatic carbocycles. The number of hydrogen-bond donors (Lipinski definition) is 3. The van der Waals surface area contributed by atoms with E-state index in [1.807, 2.05) is 0 Å². The van der Waals surface area contributed by atoms with Crippen molar-refractivity contribution in [3.63, 3.8) is 0 Å². The number of aliphatic hydroxyl groups excluding tert-OH is 1. The van der Waals surface area contributed by atoms with Gasteiger partial charge in [-0.1, -0.05) is 19.3 Å². The van der Waals surface area contributed by atoms with Crippen LogP contribution in [0.1, 0.15) is 57.8 Å². The molecule has 2 saturated carbocycles. The number of carbonyl (C=O) groups excluding carboxylic acids is 1. The molecule has 0 aromatic rings. The van der Waals surface area contributed by atoms with Crippen molar-refractivity contribution in [3.05, 3.63) is 0 Å². The van der Waals surface area contributed by atoms with Crippen molar-refractivity contribution < 1.29 is 23.8 Å². The second-order valence-corrected chi connectivity index (χ2v) is 6.68. The molecule has 0 aliphatic heterocycles. The Labute approximate surface area is 123 Å². The van der Waals surface area contributed by atoms with E-state index >= 15 is 0 Å². The van der Waals surface area contributed by atoms with E-state index in [1.165, 1.54) is 0 Å². The van der Waals surface area contributed by atoms with Crippen molar-refractivity contribution >= 4 is 5.91 Å². The molecule has 2 aliphatic carbocycles. The van der Waals surface area contributed by atoms with Crippen LogP contribution in [0.3, 0.4) is 0 Å². The molecule has 0 unspecified atom stereocenters. The van der Waals surface area contributed by atoms with E-state index in [0.29, 0.717) is 12.8 Å². The first-order valence-electron chi connectivity index (χ1n) is 7.85. The van der Waals surface area contributed by atoms with Gasteiger partial charge in [0.1, 0.15) is 5.60 Å². The first-order chi connectivity index (χ1) is 9.85. The Morgan fingerprint density at radius 3 is 2.19 bits per heavy atom. The normalized spacial score (nSPS) is 24.2. The van der Waals surface area contributed by atoms with Gasteiger partial charge in [0, 0.05) is 13.2 Å². The summed E-state index contributed by atoms with van der Waals surface area (Å²) in [7, 11) is 0. The summed E-state index contributed by atoms with van der Waals surface area (Å²) >= 11 is 0. The maximum absolute atomic E-state index is 14.0. The lowest BCUT2D eigenvalue weighted by molar-refractivity contribution is -0.216. The van der Waals surface area contributed by atoms with Crippen LogP contribution < -0.4 is 5.32 Å². The van der Waals surface area contributed by atoms with Crippen molar-refractivity contribution in [2.45, 2.75) is 69.3 Å². The molecule has 0 saturated heterocycles. The third kappa shape index (κ3) is 3.21. The number of hydrogen-bond acceptors (Lipinski definition) is 3. The van der Waals surface area contributed by atoms with Crippen molar-refractivity contribution in [3.8, 4) is 0 Å². The Hall–Kier alpha value is -0.750.